The van der Waals surface area contributed by atoms with Crippen molar-refractivity contribution in [3.63, 3.8) is 0 Å². The number of hydrogen-bond acceptors (Lipinski definition) is 5. The van der Waals surface area contributed by atoms with Crippen LogP contribution in [0, 0.1) is 0 Å². The van der Waals surface area contributed by atoms with E-state index in [4.69, 9.17) is 16.3 Å². The van der Waals surface area contributed by atoms with Crippen LogP contribution >= 0.6 is 11.6 Å². The highest BCUT2D eigenvalue weighted by molar-refractivity contribution is 6.30. The van der Waals surface area contributed by atoms with E-state index in [1.54, 1.807) is 30.3 Å². The Balaban J connectivity index is 1.45. The molecule has 0 radical (unpaired) electrons. The summed E-state index contributed by atoms with van der Waals surface area (Å²) in [6.45, 7) is 1.25. The standard InChI is InChI=1S/C25H21ClN4O2/c1-32-19-9-10-23-20(14-19)21(16-29(23)15-17-5-7-18(26)8-6-17)25(31)22-11-13-30(28-22)24-4-2-3-12-27-24/h2-14,21H,15-16H2,1H3. The van der Waals surface area contributed by atoms with Crippen LogP contribution < -0.4 is 9.64 Å². The number of carbonyl (C=O) groups excluding carboxylic acids is 1. The van der Waals surface area contributed by atoms with Gasteiger partial charge in [0, 0.05) is 36.2 Å². The zero-order valence-electron chi connectivity index (χ0n) is 17.5. The lowest BCUT2D eigenvalue weighted by molar-refractivity contribution is 0.0959. The van der Waals surface area contributed by atoms with Crippen LogP contribution in [-0.4, -0.2) is 34.2 Å². The summed E-state index contributed by atoms with van der Waals surface area (Å²) in [7, 11) is 1.63. The van der Waals surface area contributed by atoms with Crippen molar-refractivity contribution in [3.8, 4) is 11.6 Å². The van der Waals surface area contributed by atoms with Crippen molar-refractivity contribution < 1.29 is 9.53 Å². The third kappa shape index (κ3) is 3.85. The number of hydrogen-bond donors (Lipinski definition) is 0. The summed E-state index contributed by atoms with van der Waals surface area (Å²) < 4.78 is 7.05. The van der Waals surface area contributed by atoms with Gasteiger partial charge in [-0.3, -0.25) is 4.79 Å². The maximum Gasteiger partial charge on any atom is 0.192 e. The summed E-state index contributed by atoms with van der Waals surface area (Å²) in [5.74, 6) is 1.05. The molecule has 0 saturated carbocycles. The van der Waals surface area contributed by atoms with Gasteiger partial charge in [-0.05, 0) is 59.7 Å². The van der Waals surface area contributed by atoms with Crippen molar-refractivity contribution in [2.24, 2.45) is 0 Å². The molecule has 1 unspecified atom stereocenters. The molecule has 32 heavy (non-hydrogen) atoms. The number of aromatic nitrogens is 3. The number of rotatable bonds is 6. The number of carbonyl (C=O) groups is 1. The molecular formula is C25H21ClN4O2. The number of ether oxygens (including phenoxy) is 1. The first-order valence-electron chi connectivity index (χ1n) is 10.3. The zero-order chi connectivity index (χ0) is 22.1. The van der Waals surface area contributed by atoms with Crippen LogP contribution in [-0.2, 0) is 6.54 Å². The molecule has 6 nitrogen and oxygen atoms in total. The van der Waals surface area contributed by atoms with Gasteiger partial charge >= 0.3 is 0 Å². The van der Waals surface area contributed by atoms with E-state index >= 15 is 0 Å². The highest BCUT2D eigenvalue weighted by Crippen LogP contribution is 2.40. The fourth-order valence-corrected chi connectivity index (χ4v) is 4.20. The Kier molecular flexibility index (Phi) is 5.37. The Bertz CT molecular complexity index is 1250. The molecule has 0 fully saturated rings. The molecule has 1 aliphatic heterocycles. The fraction of sp³-hybridized carbons (Fsp3) is 0.160. The number of benzene rings is 2. The highest BCUT2D eigenvalue weighted by atomic mass is 35.5. The van der Waals surface area contributed by atoms with Crippen molar-refractivity contribution in [2.45, 2.75) is 12.5 Å². The number of nitrogens with zero attached hydrogens (tertiary/aromatic N) is 4. The second-order valence-corrected chi connectivity index (χ2v) is 8.12. The van der Waals surface area contributed by atoms with Gasteiger partial charge in [-0.1, -0.05) is 29.8 Å². The Morgan fingerprint density at radius 2 is 1.97 bits per heavy atom. The van der Waals surface area contributed by atoms with E-state index < -0.39 is 0 Å². The molecule has 0 bridgehead atoms. The minimum atomic E-state index is -0.334. The lowest BCUT2D eigenvalue weighted by atomic mass is 9.95. The third-order valence-corrected chi connectivity index (χ3v) is 5.93. The normalized spacial score (nSPS) is 14.9. The largest absolute Gasteiger partial charge is 0.497 e. The first kappa shape index (κ1) is 20.3. The average molecular weight is 445 g/mol. The van der Waals surface area contributed by atoms with Gasteiger partial charge in [-0.15, -0.1) is 0 Å². The van der Waals surface area contributed by atoms with Gasteiger partial charge in [0.2, 0.25) is 0 Å². The van der Waals surface area contributed by atoms with E-state index in [1.807, 2.05) is 60.7 Å². The van der Waals surface area contributed by atoms with Gasteiger partial charge in [-0.2, -0.15) is 5.10 Å². The maximum absolute atomic E-state index is 13.5. The second kappa shape index (κ2) is 8.48. The SMILES string of the molecule is COc1ccc2c(c1)C(C(=O)c1ccn(-c3ccccn3)n1)CN2Cc1ccc(Cl)cc1. The lowest BCUT2D eigenvalue weighted by Crippen LogP contribution is -2.24. The second-order valence-electron chi connectivity index (χ2n) is 7.68. The lowest BCUT2D eigenvalue weighted by Gasteiger charge is -2.20. The molecule has 3 heterocycles. The minimum absolute atomic E-state index is 0.0206. The maximum atomic E-state index is 13.5. The number of methoxy groups -OCH3 is 1. The predicted octanol–water partition coefficient (Wildman–Crippen LogP) is 4.92. The van der Waals surface area contributed by atoms with Crippen molar-refractivity contribution in [2.75, 3.05) is 18.6 Å². The summed E-state index contributed by atoms with van der Waals surface area (Å²) in [5.41, 5.74) is 3.53. The molecule has 2 aromatic carbocycles. The summed E-state index contributed by atoms with van der Waals surface area (Å²) in [6.07, 6.45) is 3.47. The van der Waals surface area contributed by atoms with Gasteiger partial charge in [-0.25, -0.2) is 9.67 Å². The topological polar surface area (TPSA) is 60.3 Å². The van der Waals surface area contributed by atoms with Crippen LogP contribution in [0.5, 0.6) is 5.75 Å². The van der Waals surface area contributed by atoms with Crippen molar-refractivity contribution in [3.05, 3.63) is 101 Å². The minimum Gasteiger partial charge on any atom is -0.497 e. The van der Waals surface area contributed by atoms with Crippen LogP contribution in [0.25, 0.3) is 5.82 Å². The van der Waals surface area contributed by atoms with Gasteiger partial charge in [0.1, 0.15) is 11.4 Å². The summed E-state index contributed by atoms with van der Waals surface area (Å²) in [5, 5.41) is 5.20. The number of fused-ring (bicyclic) bond motifs is 1. The molecule has 0 saturated heterocycles. The fourth-order valence-electron chi connectivity index (χ4n) is 4.08. The summed E-state index contributed by atoms with van der Waals surface area (Å²) in [6, 6.07) is 21.0. The van der Waals surface area contributed by atoms with Crippen LogP contribution in [0.2, 0.25) is 5.02 Å². The highest BCUT2D eigenvalue weighted by Gasteiger charge is 2.35. The van der Waals surface area contributed by atoms with E-state index in [2.05, 4.69) is 15.0 Å². The van der Waals surface area contributed by atoms with Gasteiger partial charge in [0.15, 0.2) is 11.6 Å². The molecule has 0 amide bonds. The van der Waals surface area contributed by atoms with Crippen LogP contribution in [0.1, 0.15) is 27.5 Å². The van der Waals surface area contributed by atoms with Crippen molar-refractivity contribution in [1.82, 2.24) is 14.8 Å². The summed E-state index contributed by atoms with van der Waals surface area (Å²) in [4.78, 5) is 20.0. The first-order valence-corrected chi connectivity index (χ1v) is 10.7. The molecule has 160 valence electrons. The molecular weight excluding hydrogens is 424 g/mol. The zero-order valence-corrected chi connectivity index (χ0v) is 18.2. The molecule has 2 aromatic heterocycles. The Hall–Kier alpha value is -3.64. The molecule has 0 aliphatic carbocycles. The van der Waals surface area contributed by atoms with E-state index in [9.17, 15) is 4.79 Å². The predicted molar refractivity (Wildman–Crippen MR) is 124 cm³/mol. The molecule has 1 aliphatic rings. The Morgan fingerprint density at radius 1 is 1.12 bits per heavy atom. The monoisotopic (exact) mass is 444 g/mol. The van der Waals surface area contributed by atoms with E-state index in [0.717, 1.165) is 22.6 Å². The number of Topliss-reactive ketones (excluding diaryl/α,β-unsaturated/α-hetero) is 1. The van der Waals surface area contributed by atoms with Gasteiger partial charge < -0.3 is 9.64 Å². The van der Waals surface area contributed by atoms with Crippen molar-refractivity contribution >= 4 is 23.1 Å². The van der Waals surface area contributed by atoms with Crippen LogP contribution in [0.4, 0.5) is 5.69 Å². The number of ketones is 1. The quantitative estimate of drug-likeness (QED) is 0.395. The van der Waals surface area contributed by atoms with E-state index in [-0.39, 0.29) is 11.7 Å². The smallest absolute Gasteiger partial charge is 0.192 e. The van der Waals surface area contributed by atoms with Crippen LogP contribution in [0.3, 0.4) is 0 Å². The molecule has 0 N–H and O–H groups in total. The first-order chi connectivity index (χ1) is 15.6. The van der Waals surface area contributed by atoms with E-state index in [0.29, 0.717) is 29.6 Å². The van der Waals surface area contributed by atoms with Gasteiger partial charge in [0.25, 0.3) is 0 Å². The van der Waals surface area contributed by atoms with Crippen LogP contribution in [0.15, 0.2) is 79.1 Å². The number of halogens is 1. The number of pyridine rings is 1. The molecule has 4 aromatic rings. The Labute approximate surface area is 191 Å². The van der Waals surface area contributed by atoms with E-state index in [1.165, 1.54) is 0 Å². The molecule has 0 spiro atoms. The number of anilines is 1. The average Bonchev–Trinajstić information content (AvgIpc) is 3.46. The molecule has 5 rings (SSSR count). The Morgan fingerprint density at radius 3 is 2.72 bits per heavy atom. The third-order valence-electron chi connectivity index (χ3n) is 5.68. The molecule has 7 heteroatoms. The van der Waals surface area contributed by atoms with Gasteiger partial charge in [0.05, 0.1) is 13.0 Å². The summed E-state index contributed by atoms with van der Waals surface area (Å²) >= 11 is 6.04. The molecule has 1 atom stereocenters. The van der Waals surface area contributed by atoms with Crippen molar-refractivity contribution in [1.29, 1.82) is 0 Å².